The lowest BCUT2D eigenvalue weighted by molar-refractivity contribution is 0.0737. The number of hydrogen-bond donors (Lipinski definition) is 1. The number of aryl methyl sites for hydroxylation is 1. The molecule has 1 heterocycles. The maximum absolute atomic E-state index is 12.5. The normalized spacial score (nSPS) is 18.3. The molecule has 106 valence electrons. The summed E-state index contributed by atoms with van der Waals surface area (Å²) in [4.78, 5) is 14.5. The molecule has 3 nitrogen and oxygen atoms in total. The Hall–Kier alpha value is -0.770. The van der Waals surface area contributed by atoms with Gasteiger partial charge in [-0.15, -0.1) is 12.4 Å². The number of likely N-dealkylation sites (tertiary alicyclic amines) is 1. The van der Waals surface area contributed by atoms with Gasteiger partial charge in [0.15, 0.2) is 0 Å². The molecule has 1 amide bonds. The van der Waals surface area contributed by atoms with Crippen molar-refractivity contribution in [2.45, 2.75) is 25.8 Å². The third kappa shape index (κ3) is 3.41. The van der Waals surface area contributed by atoms with E-state index in [1.165, 1.54) is 0 Å². The van der Waals surface area contributed by atoms with Crippen LogP contribution in [0.3, 0.4) is 0 Å². The molecule has 0 aliphatic carbocycles. The molecule has 1 aromatic carbocycles. The van der Waals surface area contributed by atoms with E-state index in [2.05, 4.69) is 5.32 Å². The average Bonchev–Trinajstić information content (AvgIpc) is 2.80. The molecule has 0 saturated carbocycles. The maximum Gasteiger partial charge on any atom is 0.255 e. The van der Waals surface area contributed by atoms with Gasteiger partial charge in [0.25, 0.3) is 5.91 Å². The number of benzene rings is 1. The molecule has 0 spiro atoms. The average molecular weight is 303 g/mol. The van der Waals surface area contributed by atoms with E-state index in [9.17, 15) is 4.79 Å². The lowest BCUT2D eigenvalue weighted by atomic mass is 10.1. The van der Waals surface area contributed by atoms with Gasteiger partial charge < -0.3 is 10.2 Å². The first kappa shape index (κ1) is 16.3. The molecule has 1 aromatic rings. The van der Waals surface area contributed by atoms with Crippen LogP contribution in [0.25, 0.3) is 0 Å². The van der Waals surface area contributed by atoms with Crippen LogP contribution < -0.4 is 5.32 Å². The van der Waals surface area contributed by atoms with Gasteiger partial charge in [0.2, 0.25) is 0 Å². The second kappa shape index (κ2) is 7.13. The standard InChI is InChI=1S/C14H19ClN2O.ClH/c1-10-5-3-7-12(13(10)15)14(18)17-8-4-6-11(17)9-16-2;/h3,5,7,11,16H,4,6,8-9H2,1-2H3;1H. The van der Waals surface area contributed by atoms with Crippen molar-refractivity contribution in [1.82, 2.24) is 10.2 Å². The number of carbonyl (C=O) groups excluding carboxylic acids is 1. The number of nitrogens with one attached hydrogen (secondary N) is 1. The summed E-state index contributed by atoms with van der Waals surface area (Å²) < 4.78 is 0. The van der Waals surface area contributed by atoms with E-state index in [-0.39, 0.29) is 18.3 Å². The summed E-state index contributed by atoms with van der Waals surface area (Å²) >= 11 is 6.23. The van der Waals surface area contributed by atoms with Gasteiger partial charge in [-0.3, -0.25) is 4.79 Å². The van der Waals surface area contributed by atoms with Crippen LogP contribution in [0.2, 0.25) is 5.02 Å². The van der Waals surface area contributed by atoms with Crippen LogP contribution in [0.5, 0.6) is 0 Å². The third-order valence-corrected chi connectivity index (χ3v) is 4.00. The molecule has 0 aromatic heterocycles. The SMILES string of the molecule is CNCC1CCCN1C(=O)c1cccc(C)c1Cl.Cl. The van der Waals surface area contributed by atoms with E-state index in [1.54, 1.807) is 0 Å². The van der Waals surface area contributed by atoms with Gasteiger partial charge in [0, 0.05) is 19.1 Å². The molecule has 1 unspecified atom stereocenters. The summed E-state index contributed by atoms with van der Waals surface area (Å²) in [6, 6.07) is 5.91. The van der Waals surface area contributed by atoms with Crippen molar-refractivity contribution >= 4 is 29.9 Å². The van der Waals surface area contributed by atoms with Crippen LogP contribution in [-0.4, -0.2) is 37.0 Å². The molecular formula is C14H20Cl2N2O. The third-order valence-electron chi connectivity index (χ3n) is 3.50. The Morgan fingerprint density at radius 1 is 1.53 bits per heavy atom. The van der Waals surface area contributed by atoms with Crippen molar-refractivity contribution in [2.75, 3.05) is 20.1 Å². The second-order valence-corrected chi connectivity index (χ2v) is 5.17. The Balaban J connectivity index is 0.00000180. The Morgan fingerprint density at radius 3 is 2.95 bits per heavy atom. The zero-order chi connectivity index (χ0) is 13.1. The van der Waals surface area contributed by atoms with E-state index < -0.39 is 0 Å². The quantitative estimate of drug-likeness (QED) is 0.931. The molecule has 2 rings (SSSR count). The number of carbonyl (C=O) groups is 1. The van der Waals surface area contributed by atoms with Crippen molar-refractivity contribution < 1.29 is 4.79 Å². The molecule has 1 N–H and O–H groups in total. The van der Waals surface area contributed by atoms with Crippen LogP contribution in [0, 0.1) is 6.92 Å². The summed E-state index contributed by atoms with van der Waals surface area (Å²) in [7, 11) is 1.92. The highest BCUT2D eigenvalue weighted by Crippen LogP contribution is 2.25. The van der Waals surface area contributed by atoms with Crippen molar-refractivity contribution in [3.63, 3.8) is 0 Å². The zero-order valence-corrected chi connectivity index (χ0v) is 12.9. The van der Waals surface area contributed by atoms with Gasteiger partial charge in [0.05, 0.1) is 10.6 Å². The maximum atomic E-state index is 12.5. The van der Waals surface area contributed by atoms with Crippen LogP contribution >= 0.6 is 24.0 Å². The highest BCUT2D eigenvalue weighted by molar-refractivity contribution is 6.34. The molecule has 1 saturated heterocycles. The summed E-state index contributed by atoms with van der Waals surface area (Å²) in [6.07, 6.45) is 2.14. The highest BCUT2D eigenvalue weighted by atomic mass is 35.5. The van der Waals surface area contributed by atoms with Crippen LogP contribution in [0.4, 0.5) is 0 Å². The molecule has 19 heavy (non-hydrogen) atoms. The number of nitrogens with zero attached hydrogens (tertiary/aromatic N) is 1. The number of likely N-dealkylation sites (N-methyl/N-ethyl adjacent to an activating group) is 1. The van der Waals surface area contributed by atoms with Gasteiger partial charge in [-0.25, -0.2) is 0 Å². The molecule has 1 fully saturated rings. The smallest absolute Gasteiger partial charge is 0.255 e. The van der Waals surface area contributed by atoms with Crippen LogP contribution in [0.1, 0.15) is 28.8 Å². The lowest BCUT2D eigenvalue weighted by Crippen LogP contribution is -2.40. The fraction of sp³-hybridized carbons (Fsp3) is 0.500. The summed E-state index contributed by atoms with van der Waals surface area (Å²) in [5.41, 5.74) is 1.58. The van der Waals surface area contributed by atoms with Gasteiger partial charge in [-0.1, -0.05) is 23.7 Å². The first-order valence-corrected chi connectivity index (χ1v) is 6.73. The Kier molecular flexibility index (Phi) is 6.11. The number of amides is 1. The fourth-order valence-corrected chi connectivity index (χ4v) is 2.73. The second-order valence-electron chi connectivity index (χ2n) is 4.79. The first-order valence-electron chi connectivity index (χ1n) is 6.36. The molecule has 1 atom stereocenters. The molecule has 1 aliphatic rings. The Bertz CT molecular complexity index is 451. The molecule has 1 aliphatic heterocycles. The molecular weight excluding hydrogens is 283 g/mol. The largest absolute Gasteiger partial charge is 0.334 e. The minimum Gasteiger partial charge on any atom is -0.334 e. The van der Waals surface area contributed by atoms with Crippen molar-refractivity contribution in [3.05, 3.63) is 34.3 Å². The van der Waals surface area contributed by atoms with E-state index in [1.807, 2.05) is 37.1 Å². The predicted octanol–water partition coefficient (Wildman–Crippen LogP) is 2.89. The minimum absolute atomic E-state index is 0. The van der Waals surface area contributed by atoms with E-state index in [0.29, 0.717) is 16.6 Å². The monoisotopic (exact) mass is 302 g/mol. The van der Waals surface area contributed by atoms with Crippen molar-refractivity contribution in [3.8, 4) is 0 Å². The van der Waals surface area contributed by atoms with E-state index in [4.69, 9.17) is 11.6 Å². The number of halogens is 2. The van der Waals surface area contributed by atoms with Crippen LogP contribution in [-0.2, 0) is 0 Å². The van der Waals surface area contributed by atoms with E-state index >= 15 is 0 Å². The topological polar surface area (TPSA) is 32.3 Å². The molecule has 0 bridgehead atoms. The van der Waals surface area contributed by atoms with Crippen molar-refractivity contribution in [2.24, 2.45) is 0 Å². The zero-order valence-electron chi connectivity index (χ0n) is 11.3. The van der Waals surface area contributed by atoms with Gasteiger partial charge in [-0.2, -0.15) is 0 Å². The highest BCUT2D eigenvalue weighted by Gasteiger charge is 2.29. The predicted molar refractivity (Wildman–Crippen MR) is 81.4 cm³/mol. The summed E-state index contributed by atoms with van der Waals surface area (Å²) in [6.45, 7) is 3.60. The summed E-state index contributed by atoms with van der Waals surface area (Å²) in [5.74, 6) is 0.0569. The Morgan fingerprint density at radius 2 is 2.26 bits per heavy atom. The summed E-state index contributed by atoms with van der Waals surface area (Å²) in [5, 5.41) is 3.73. The first-order chi connectivity index (χ1) is 8.65. The Labute approximate surface area is 125 Å². The van der Waals surface area contributed by atoms with Gasteiger partial charge in [-0.05, 0) is 38.4 Å². The number of rotatable bonds is 3. The fourth-order valence-electron chi connectivity index (χ4n) is 2.52. The number of hydrogen-bond acceptors (Lipinski definition) is 2. The van der Waals surface area contributed by atoms with Crippen LogP contribution in [0.15, 0.2) is 18.2 Å². The van der Waals surface area contributed by atoms with Crippen molar-refractivity contribution in [1.29, 1.82) is 0 Å². The van der Waals surface area contributed by atoms with Gasteiger partial charge >= 0.3 is 0 Å². The van der Waals surface area contributed by atoms with Gasteiger partial charge in [0.1, 0.15) is 0 Å². The lowest BCUT2D eigenvalue weighted by Gasteiger charge is -2.25. The molecule has 0 radical (unpaired) electrons. The van der Waals surface area contributed by atoms with E-state index in [0.717, 1.165) is 31.5 Å². The molecule has 5 heteroatoms. The minimum atomic E-state index is 0.